The second kappa shape index (κ2) is 8.79. The number of nitrogens with one attached hydrogen (secondary N) is 2. The Kier molecular flexibility index (Phi) is 5.81. The maximum absolute atomic E-state index is 12.7. The van der Waals surface area contributed by atoms with Gasteiger partial charge in [0.15, 0.2) is 0 Å². The van der Waals surface area contributed by atoms with E-state index in [4.69, 9.17) is 32.7 Å². The summed E-state index contributed by atoms with van der Waals surface area (Å²) in [6, 6.07) is 10.7. The number of cyclic esters (lactones) is 1. The normalized spacial score (nSPS) is 15.3. The predicted molar refractivity (Wildman–Crippen MR) is 125 cm³/mol. The summed E-state index contributed by atoms with van der Waals surface area (Å²) in [4.78, 5) is 36.0. The van der Waals surface area contributed by atoms with Crippen LogP contribution in [-0.4, -0.2) is 34.7 Å². The molecule has 0 spiro atoms. The number of carbonyl (C=O) groups excluding carboxylic acids is 3. The summed E-state index contributed by atoms with van der Waals surface area (Å²) in [6.45, 7) is 0.370. The van der Waals surface area contributed by atoms with Crippen LogP contribution < -0.4 is 15.4 Å². The molecule has 34 heavy (non-hydrogen) atoms. The van der Waals surface area contributed by atoms with Crippen LogP contribution in [0.4, 0.5) is 0 Å². The van der Waals surface area contributed by atoms with Gasteiger partial charge in [-0.05, 0) is 29.3 Å². The van der Waals surface area contributed by atoms with Crippen LogP contribution in [0.25, 0.3) is 21.9 Å². The molecule has 174 valence electrons. The first-order valence-electron chi connectivity index (χ1n) is 10.4. The highest BCUT2D eigenvalue weighted by atomic mass is 35.5. The Morgan fingerprint density at radius 3 is 2.38 bits per heavy atom. The third-order valence-electron chi connectivity index (χ3n) is 5.80. The molecule has 10 heteroatoms. The molecule has 0 aromatic heterocycles. The monoisotopic (exact) mass is 500 g/mol. The predicted octanol–water partition coefficient (Wildman–Crippen LogP) is 3.48. The molecule has 0 fully saturated rings. The first kappa shape index (κ1) is 22.5. The zero-order valence-electron chi connectivity index (χ0n) is 17.6. The summed E-state index contributed by atoms with van der Waals surface area (Å²) < 4.78 is 11.4. The molecule has 3 aromatic rings. The molecule has 2 amide bonds. The summed E-state index contributed by atoms with van der Waals surface area (Å²) in [5.74, 6) is -0.600. The number of amides is 2. The average molecular weight is 501 g/mol. The van der Waals surface area contributed by atoms with Gasteiger partial charge >= 0.3 is 5.97 Å². The van der Waals surface area contributed by atoms with Gasteiger partial charge in [0.2, 0.25) is 18.1 Å². The van der Waals surface area contributed by atoms with Crippen molar-refractivity contribution in [1.82, 2.24) is 10.6 Å². The largest absolute Gasteiger partial charge is 0.456 e. The number of ether oxygens (including phenoxy) is 2. The van der Waals surface area contributed by atoms with Crippen molar-refractivity contribution in [3.8, 4) is 22.6 Å². The fraction of sp³-hybridized carbons (Fsp3) is 0.208. The number of hydrogen-bond acceptors (Lipinski definition) is 6. The molecule has 2 aliphatic rings. The van der Waals surface area contributed by atoms with E-state index in [-0.39, 0.29) is 42.2 Å². The fourth-order valence-electron chi connectivity index (χ4n) is 4.27. The van der Waals surface area contributed by atoms with E-state index >= 15 is 0 Å². The number of hydrogen-bond donors (Lipinski definition) is 3. The van der Waals surface area contributed by atoms with Crippen molar-refractivity contribution < 1.29 is 29.0 Å². The summed E-state index contributed by atoms with van der Waals surface area (Å²) in [6.07, 6.45) is -1.40. The van der Waals surface area contributed by atoms with Crippen molar-refractivity contribution in [3.05, 3.63) is 58.7 Å². The van der Waals surface area contributed by atoms with Gasteiger partial charge in [-0.15, -0.1) is 23.2 Å². The highest BCUT2D eigenvalue weighted by Gasteiger charge is 2.34. The molecule has 1 atom stereocenters. The first-order chi connectivity index (χ1) is 16.4. The van der Waals surface area contributed by atoms with Crippen molar-refractivity contribution in [3.63, 3.8) is 0 Å². The van der Waals surface area contributed by atoms with Crippen LogP contribution in [0.2, 0.25) is 0 Å². The van der Waals surface area contributed by atoms with Gasteiger partial charge in [-0.3, -0.25) is 9.59 Å². The minimum absolute atomic E-state index is 0.0845. The Labute approximate surface area is 203 Å². The maximum atomic E-state index is 12.7. The lowest BCUT2D eigenvalue weighted by molar-refractivity contribution is -0.119. The molecule has 0 saturated heterocycles. The van der Waals surface area contributed by atoms with Crippen LogP contribution in [0.15, 0.2) is 36.4 Å². The highest BCUT2D eigenvalue weighted by Crippen LogP contribution is 2.51. The van der Waals surface area contributed by atoms with Gasteiger partial charge in [0.05, 0.1) is 5.56 Å². The lowest BCUT2D eigenvalue weighted by atomic mass is 9.86. The summed E-state index contributed by atoms with van der Waals surface area (Å²) in [5.41, 5.74) is 3.67. The van der Waals surface area contributed by atoms with Gasteiger partial charge in [0.25, 0.3) is 0 Å². The second-order valence-corrected chi connectivity index (χ2v) is 8.41. The van der Waals surface area contributed by atoms with E-state index in [1.165, 1.54) is 0 Å². The zero-order chi connectivity index (χ0) is 24.0. The van der Waals surface area contributed by atoms with Gasteiger partial charge in [-0.1, -0.05) is 18.2 Å². The van der Waals surface area contributed by atoms with Crippen molar-refractivity contribution >= 4 is 51.8 Å². The molecule has 5 rings (SSSR count). The quantitative estimate of drug-likeness (QED) is 0.276. The molecule has 2 heterocycles. The third-order valence-corrected chi connectivity index (χ3v) is 6.29. The molecule has 8 nitrogen and oxygen atoms in total. The van der Waals surface area contributed by atoms with Gasteiger partial charge in [-0.2, -0.15) is 0 Å². The van der Waals surface area contributed by atoms with E-state index in [1.54, 1.807) is 18.2 Å². The van der Waals surface area contributed by atoms with Crippen molar-refractivity contribution in [1.29, 1.82) is 0 Å². The lowest BCUT2D eigenvalue weighted by Gasteiger charge is -2.29. The van der Waals surface area contributed by atoms with E-state index in [2.05, 4.69) is 10.6 Å². The third kappa shape index (κ3) is 3.73. The SMILES string of the molecule is O=C(CCl)NCc1ccc2c(c1)-c1ccc3c4c(cc(CNC(=O)CCl)c(c14)O2)C(=O)OC3O. The Balaban J connectivity index is 1.69. The van der Waals surface area contributed by atoms with E-state index in [1.807, 2.05) is 18.2 Å². The molecule has 0 saturated carbocycles. The fourth-order valence-corrected chi connectivity index (χ4v) is 4.46. The number of fused-ring (bicyclic) bond motifs is 2. The average Bonchev–Trinajstić information content (AvgIpc) is 2.85. The Hall–Kier alpha value is -3.33. The summed E-state index contributed by atoms with van der Waals surface area (Å²) in [5, 5.41) is 17.0. The van der Waals surface area contributed by atoms with Crippen LogP contribution in [0.1, 0.15) is 33.3 Å². The summed E-state index contributed by atoms with van der Waals surface area (Å²) in [7, 11) is 0. The number of carbonyl (C=O) groups is 3. The number of aliphatic hydroxyl groups is 1. The van der Waals surface area contributed by atoms with E-state index in [0.717, 1.165) is 16.7 Å². The number of aliphatic hydroxyl groups excluding tert-OH is 1. The molecule has 2 aliphatic heterocycles. The van der Waals surface area contributed by atoms with Crippen LogP contribution in [0.5, 0.6) is 11.5 Å². The Bertz CT molecular complexity index is 1370. The first-order valence-corrected chi connectivity index (χ1v) is 11.5. The number of alkyl halides is 2. The smallest absolute Gasteiger partial charge is 0.341 e. The van der Waals surface area contributed by atoms with Gasteiger partial charge in [0, 0.05) is 40.6 Å². The Morgan fingerprint density at radius 1 is 0.912 bits per heavy atom. The number of esters is 1. The topological polar surface area (TPSA) is 114 Å². The van der Waals surface area contributed by atoms with E-state index in [0.29, 0.717) is 33.4 Å². The van der Waals surface area contributed by atoms with Gasteiger partial charge in [0.1, 0.15) is 23.3 Å². The summed E-state index contributed by atoms with van der Waals surface area (Å²) >= 11 is 11.2. The molecule has 0 radical (unpaired) electrons. The molecular weight excluding hydrogens is 483 g/mol. The zero-order valence-corrected chi connectivity index (χ0v) is 19.1. The highest BCUT2D eigenvalue weighted by molar-refractivity contribution is 6.27. The van der Waals surface area contributed by atoms with Crippen molar-refractivity contribution in [2.45, 2.75) is 19.4 Å². The van der Waals surface area contributed by atoms with Gasteiger partial charge in [-0.25, -0.2) is 4.79 Å². The number of benzene rings is 3. The molecule has 0 aliphatic carbocycles. The van der Waals surface area contributed by atoms with E-state index in [9.17, 15) is 19.5 Å². The van der Waals surface area contributed by atoms with Crippen molar-refractivity contribution in [2.24, 2.45) is 0 Å². The molecule has 0 bridgehead atoms. The van der Waals surface area contributed by atoms with Crippen LogP contribution in [0, 0.1) is 0 Å². The van der Waals surface area contributed by atoms with Gasteiger partial charge < -0.3 is 25.2 Å². The Morgan fingerprint density at radius 2 is 1.65 bits per heavy atom. The minimum atomic E-state index is -1.40. The number of rotatable bonds is 6. The van der Waals surface area contributed by atoms with Crippen molar-refractivity contribution in [2.75, 3.05) is 11.8 Å². The molecule has 3 N–H and O–H groups in total. The molecule has 3 aromatic carbocycles. The maximum Gasteiger partial charge on any atom is 0.341 e. The molecular formula is C24H18Cl2N2O6. The van der Waals surface area contributed by atoms with Crippen LogP contribution in [-0.2, 0) is 27.4 Å². The minimum Gasteiger partial charge on any atom is -0.456 e. The van der Waals surface area contributed by atoms with Crippen LogP contribution in [0.3, 0.4) is 0 Å². The van der Waals surface area contributed by atoms with Crippen LogP contribution >= 0.6 is 23.2 Å². The second-order valence-electron chi connectivity index (χ2n) is 7.88. The number of halogens is 2. The molecule has 1 unspecified atom stereocenters. The van der Waals surface area contributed by atoms with E-state index < -0.39 is 12.3 Å². The standard InChI is InChI=1S/C24H18Cl2N2O6/c25-7-18(29)27-9-11-1-4-17-15(5-11)13-2-3-14-20-16(24(32)34-23(14)31)6-12(10-28-19(30)8-26)22(33-17)21(13)20/h1-6,23,31H,7-10H2,(H,27,29)(H,28,30). The lowest BCUT2D eigenvalue weighted by Crippen LogP contribution is -2.25.